The lowest BCUT2D eigenvalue weighted by Crippen LogP contribution is -2.54. The van der Waals surface area contributed by atoms with Gasteiger partial charge in [0.1, 0.15) is 6.04 Å². The van der Waals surface area contributed by atoms with Crippen molar-refractivity contribution in [2.24, 2.45) is 5.73 Å². The average molecular weight is 392 g/mol. The molecule has 0 aliphatic carbocycles. The van der Waals surface area contributed by atoms with Crippen LogP contribution in [0, 0.1) is 0 Å². The van der Waals surface area contributed by atoms with Gasteiger partial charge in [0.2, 0.25) is 5.91 Å². The zero-order valence-corrected chi connectivity index (χ0v) is 13.1. The number of hydrogen-bond donors (Lipinski definition) is 1. The monoisotopic (exact) mass is 390 g/mol. The van der Waals surface area contributed by atoms with Crippen molar-refractivity contribution >= 4 is 43.7 Å². The summed E-state index contributed by atoms with van der Waals surface area (Å²) in [5, 5.41) is 0. The highest BCUT2D eigenvalue weighted by Crippen LogP contribution is 2.22. The lowest BCUT2D eigenvalue weighted by Gasteiger charge is -2.33. The molecule has 1 saturated heterocycles. The molecule has 2 N–H and O–H groups in total. The molecule has 1 fully saturated rings. The molecule has 0 saturated carbocycles. The first-order chi connectivity index (χ1) is 8.99. The fraction of sp³-hybridized carbons (Fsp3) is 0.333. The van der Waals surface area contributed by atoms with E-state index in [0.29, 0.717) is 18.7 Å². The van der Waals surface area contributed by atoms with E-state index in [9.17, 15) is 9.59 Å². The number of halogens is 2. The van der Waals surface area contributed by atoms with Gasteiger partial charge in [-0.05, 0) is 18.2 Å². The molecule has 0 aromatic heterocycles. The Morgan fingerprint density at radius 2 is 1.89 bits per heavy atom. The number of rotatable bonds is 2. The van der Waals surface area contributed by atoms with E-state index in [4.69, 9.17) is 10.5 Å². The van der Waals surface area contributed by atoms with E-state index in [1.54, 1.807) is 12.1 Å². The Balaban J connectivity index is 2.28. The van der Waals surface area contributed by atoms with Crippen LogP contribution in [0.4, 0.5) is 0 Å². The van der Waals surface area contributed by atoms with Crippen molar-refractivity contribution in [3.63, 3.8) is 0 Å². The second kappa shape index (κ2) is 6.02. The largest absolute Gasteiger partial charge is 0.377 e. The number of ether oxygens (including phenoxy) is 1. The molecule has 1 aliphatic heterocycles. The summed E-state index contributed by atoms with van der Waals surface area (Å²) < 4.78 is 6.77. The summed E-state index contributed by atoms with van der Waals surface area (Å²) in [5.41, 5.74) is 5.80. The smallest absolute Gasteiger partial charge is 0.254 e. The van der Waals surface area contributed by atoms with Crippen LogP contribution in [0.25, 0.3) is 0 Å². The van der Waals surface area contributed by atoms with Crippen LogP contribution >= 0.6 is 31.9 Å². The maximum Gasteiger partial charge on any atom is 0.254 e. The van der Waals surface area contributed by atoms with Crippen LogP contribution in [0.3, 0.4) is 0 Å². The number of benzene rings is 1. The van der Waals surface area contributed by atoms with Crippen molar-refractivity contribution in [3.8, 4) is 0 Å². The highest BCUT2D eigenvalue weighted by atomic mass is 79.9. The molecular weight excluding hydrogens is 380 g/mol. The van der Waals surface area contributed by atoms with Gasteiger partial charge in [-0.3, -0.25) is 9.59 Å². The molecule has 0 bridgehead atoms. The molecule has 0 radical (unpaired) electrons. The van der Waals surface area contributed by atoms with Crippen molar-refractivity contribution in [3.05, 3.63) is 32.7 Å². The first-order valence-corrected chi connectivity index (χ1v) is 7.22. The third-order valence-corrected chi connectivity index (χ3v) is 3.74. The quantitative estimate of drug-likeness (QED) is 0.830. The van der Waals surface area contributed by atoms with E-state index in [1.165, 1.54) is 4.90 Å². The van der Waals surface area contributed by atoms with Gasteiger partial charge < -0.3 is 15.4 Å². The SMILES string of the molecule is NC(=O)C1COCCN1C(=O)c1cc(Br)cc(Br)c1. The van der Waals surface area contributed by atoms with Gasteiger partial charge in [0.05, 0.1) is 13.2 Å². The van der Waals surface area contributed by atoms with Crippen molar-refractivity contribution in [1.82, 2.24) is 4.90 Å². The summed E-state index contributed by atoms with van der Waals surface area (Å²) in [6, 6.07) is 4.54. The second-order valence-electron chi connectivity index (χ2n) is 4.15. The number of amides is 2. The van der Waals surface area contributed by atoms with Crippen LogP contribution < -0.4 is 5.73 Å². The van der Waals surface area contributed by atoms with Gasteiger partial charge in [-0.1, -0.05) is 31.9 Å². The number of nitrogens with two attached hydrogens (primary N) is 1. The Kier molecular flexibility index (Phi) is 4.59. The van der Waals surface area contributed by atoms with Gasteiger partial charge in [0.15, 0.2) is 0 Å². The lowest BCUT2D eigenvalue weighted by molar-refractivity contribution is -0.127. The fourth-order valence-corrected chi connectivity index (χ4v) is 3.22. The molecule has 1 aliphatic rings. The van der Waals surface area contributed by atoms with Gasteiger partial charge in [0.25, 0.3) is 5.91 Å². The number of carbonyl (C=O) groups is 2. The van der Waals surface area contributed by atoms with Crippen LogP contribution in [-0.4, -0.2) is 42.5 Å². The molecule has 1 atom stereocenters. The number of primary amides is 1. The second-order valence-corrected chi connectivity index (χ2v) is 5.98. The average Bonchev–Trinajstić information content (AvgIpc) is 2.36. The molecule has 2 amide bonds. The summed E-state index contributed by atoms with van der Waals surface area (Å²) >= 11 is 6.66. The zero-order chi connectivity index (χ0) is 14.0. The van der Waals surface area contributed by atoms with Gasteiger partial charge in [0, 0.05) is 21.1 Å². The number of carbonyl (C=O) groups excluding carboxylic acids is 2. The Morgan fingerprint density at radius 1 is 1.26 bits per heavy atom. The number of nitrogens with zero attached hydrogens (tertiary/aromatic N) is 1. The topological polar surface area (TPSA) is 72.6 Å². The molecule has 5 nitrogen and oxygen atoms in total. The summed E-state index contributed by atoms with van der Waals surface area (Å²) in [5.74, 6) is -0.781. The van der Waals surface area contributed by atoms with Crippen LogP contribution in [0.1, 0.15) is 10.4 Å². The van der Waals surface area contributed by atoms with Crippen molar-refractivity contribution in [1.29, 1.82) is 0 Å². The minimum absolute atomic E-state index is 0.149. The highest BCUT2D eigenvalue weighted by molar-refractivity contribution is 9.11. The summed E-state index contributed by atoms with van der Waals surface area (Å²) in [6.45, 7) is 0.914. The third-order valence-electron chi connectivity index (χ3n) is 2.83. The van der Waals surface area contributed by atoms with Crippen molar-refractivity contribution < 1.29 is 14.3 Å². The van der Waals surface area contributed by atoms with E-state index in [1.807, 2.05) is 6.07 Å². The molecule has 1 aromatic rings. The van der Waals surface area contributed by atoms with E-state index in [2.05, 4.69) is 31.9 Å². The van der Waals surface area contributed by atoms with Crippen molar-refractivity contribution in [2.45, 2.75) is 6.04 Å². The van der Waals surface area contributed by atoms with Crippen molar-refractivity contribution in [2.75, 3.05) is 19.8 Å². The minimum Gasteiger partial charge on any atom is -0.377 e. The van der Waals surface area contributed by atoms with E-state index in [-0.39, 0.29) is 12.5 Å². The molecule has 102 valence electrons. The molecule has 2 rings (SSSR count). The maximum absolute atomic E-state index is 12.4. The van der Waals surface area contributed by atoms with E-state index < -0.39 is 11.9 Å². The predicted molar refractivity (Wildman–Crippen MR) is 76.7 cm³/mol. The molecule has 0 spiro atoms. The van der Waals surface area contributed by atoms with Gasteiger partial charge in [-0.2, -0.15) is 0 Å². The lowest BCUT2D eigenvalue weighted by atomic mass is 10.1. The summed E-state index contributed by atoms with van der Waals surface area (Å²) in [7, 11) is 0. The minimum atomic E-state index is -0.709. The fourth-order valence-electron chi connectivity index (χ4n) is 1.93. The standard InChI is InChI=1S/C12H12Br2N2O3/c13-8-3-7(4-9(14)5-8)12(18)16-1-2-19-6-10(16)11(15)17/h3-5,10H,1-2,6H2,(H2,15,17). The van der Waals surface area contributed by atoms with Gasteiger partial charge in [-0.25, -0.2) is 0 Å². The summed E-state index contributed by atoms with van der Waals surface area (Å²) in [6.07, 6.45) is 0. The molecule has 1 heterocycles. The first-order valence-electron chi connectivity index (χ1n) is 5.63. The normalized spacial score (nSPS) is 19.3. The van der Waals surface area contributed by atoms with Gasteiger partial charge in [-0.15, -0.1) is 0 Å². The number of morpholine rings is 1. The number of hydrogen-bond acceptors (Lipinski definition) is 3. The van der Waals surface area contributed by atoms with Crippen LogP contribution in [0.5, 0.6) is 0 Å². The molecule has 1 unspecified atom stereocenters. The predicted octanol–water partition coefficient (Wildman–Crippen LogP) is 1.54. The van der Waals surface area contributed by atoms with Crippen LogP contribution in [-0.2, 0) is 9.53 Å². The Morgan fingerprint density at radius 3 is 2.47 bits per heavy atom. The van der Waals surface area contributed by atoms with Gasteiger partial charge >= 0.3 is 0 Å². The zero-order valence-electron chi connectivity index (χ0n) is 9.94. The first kappa shape index (κ1) is 14.5. The summed E-state index contributed by atoms with van der Waals surface area (Å²) in [4.78, 5) is 25.3. The highest BCUT2D eigenvalue weighted by Gasteiger charge is 2.32. The Labute approximate surface area is 127 Å². The maximum atomic E-state index is 12.4. The van der Waals surface area contributed by atoms with E-state index in [0.717, 1.165) is 8.95 Å². The van der Waals surface area contributed by atoms with Crippen LogP contribution in [0.15, 0.2) is 27.1 Å². The molecular formula is C12H12Br2N2O3. The third kappa shape index (κ3) is 3.34. The van der Waals surface area contributed by atoms with Crippen LogP contribution in [0.2, 0.25) is 0 Å². The Hall–Kier alpha value is -0.920. The Bertz CT molecular complexity index is 501. The molecule has 1 aromatic carbocycles. The van der Waals surface area contributed by atoms with E-state index >= 15 is 0 Å². The molecule has 7 heteroatoms. The molecule has 19 heavy (non-hydrogen) atoms.